The summed E-state index contributed by atoms with van der Waals surface area (Å²) in [5.41, 5.74) is 6.34. The minimum atomic E-state index is 0.0269. The Hall–Kier alpha value is -1.36. The number of rotatable bonds is 2. The van der Waals surface area contributed by atoms with Gasteiger partial charge >= 0.3 is 0 Å². The van der Waals surface area contributed by atoms with Gasteiger partial charge in [-0.3, -0.25) is 9.48 Å². The summed E-state index contributed by atoms with van der Waals surface area (Å²) in [6.45, 7) is 4.29. The molecule has 5 nitrogen and oxygen atoms in total. The van der Waals surface area contributed by atoms with Crippen molar-refractivity contribution in [2.24, 2.45) is 5.73 Å². The Labute approximate surface area is 95.2 Å². The number of nitrogens with two attached hydrogens (primary N) is 1. The zero-order valence-corrected chi connectivity index (χ0v) is 9.59. The molecule has 1 aromatic heterocycles. The van der Waals surface area contributed by atoms with Crippen molar-refractivity contribution in [1.29, 1.82) is 0 Å². The van der Waals surface area contributed by atoms with Gasteiger partial charge in [0.05, 0.1) is 0 Å². The molecule has 0 atom stereocenters. The first kappa shape index (κ1) is 11.1. The molecule has 1 aliphatic rings. The van der Waals surface area contributed by atoms with Crippen LogP contribution in [0.25, 0.3) is 0 Å². The summed E-state index contributed by atoms with van der Waals surface area (Å²) in [5.74, 6) is 0.0269. The lowest BCUT2D eigenvalue weighted by Crippen LogP contribution is -2.43. The largest absolute Gasteiger partial charge is 0.337 e. The summed E-state index contributed by atoms with van der Waals surface area (Å²) in [6.07, 6.45) is 3.61. The molecule has 1 saturated heterocycles. The van der Waals surface area contributed by atoms with Crippen molar-refractivity contribution in [2.45, 2.75) is 32.4 Å². The molecular weight excluding hydrogens is 204 g/mol. The third kappa shape index (κ3) is 2.24. The van der Waals surface area contributed by atoms with E-state index in [1.807, 2.05) is 18.0 Å². The van der Waals surface area contributed by atoms with Crippen LogP contribution in [-0.2, 0) is 6.54 Å². The zero-order chi connectivity index (χ0) is 11.5. The Balaban J connectivity index is 2.01. The van der Waals surface area contributed by atoms with Crippen LogP contribution in [0.1, 0.15) is 30.3 Å². The molecule has 2 rings (SSSR count). The minimum absolute atomic E-state index is 0.0269. The maximum absolute atomic E-state index is 12.0. The average Bonchev–Trinajstić information content (AvgIpc) is 2.77. The van der Waals surface area contributed by atoms with Crippen LogP contribution in [0.3, 0.4) is 0 Å². The van der Waals surface area contributed by atoms with Gasteiger partial charge < -0.3 is 10.6 Å². The van der Waals surface area contributed by atoms with E-state index >= 15 is 0 Å². The number of aromatic nitrogens is 2. The van der Waals surface area contributed by atoms with Crippen molar-refractivity contribution < 1.29 is 4.79 Å². The monoisotopic (exact) mass is 222 g/mol. The summed E-state index contributed by atoms with van der Waals surface area (Å²) in [5, 5.41) is 4.22. The first-order valence-corrected chi connectivity index (χ1v) is 5.79. The maximum atomic E-state index is 12.0. The third-order valence-corrected chi connectivity index (χ3v) is 3.01. The van der Waals surface area contributed by atoms with Crippen LogP contribution in [0.5, 0.6) is 0 Å². The fraction of sp³-hybridized carbons (Fsp3) is 0.636. The Kier molecular flexibility index (Phi) is 3.24. The molecule has 16 heavy (non-hydrogen) atoms. The summed E-state index contributed by atoms with van der Waals surface area (Å²) in [7, 11) is 0. The number of carbonyl (C=O) groups is 1. The highest BCUT2D eigenvalue weighted by Gasteiger charge is 2.22. The second-order valence-electron chi connectivity index (χ2n) is 4.19. The molecule has 0 radical (unpaired) electrons. The molecule has 0 spiro atoms. The van der Waals surface area contributed by atoms with E-state index in [0.717, 1.165) is 32.5 Å². The van der Waals surface area contributed by atoms with Gasteiger partial charge in [-0.15, -0.1) is 0 Å². The highest BCUT2D eigenvalue weighted by Crippen LogP contribution is 2.11. The molecule has 1 aromatic rings. The third-order valence-electron chi connectivity index (χ3n) is 3.01. The number of amides is 1. The fourth-order valence-corrected chi connectivity index (χ4v) is 1.92. The molecule has 0 bridgehead atoms. The summed E-state index contributed by atoms with van der Waals surface area (Å²) < 4.78 is 1.77. The van der Waals surface area contributed by atoms with Gasteiger partial charge in [-0.25, -0.2) is 0 Å². The molecule has 5 heteroatoms. The van der Waals surface area contributed by atoms with Crippen LogP contribution in [0, 0.1) is 0 Å². The molecule has 0 saturated carbocycles. The van der Waals surface area contributed by atoms with Crippen LogP contribution in [-0.4, -0.2) is 39.7 Å². The van der Waals surface area contributed by atoms with Crippen molar-refractivity contribution in [3.05, 3.63) is 18.0 Å². The Bertz CT molecular complexity index is 366. The van der Waals surface area contributed by atoms with Gasteiger partial charge in [0.25, 0.3) is 5.91 Å². The van der Waals surface area contributed by atoms with Gasteiger partial charge in [-0.05, 0) is 25.8 Å². The summed E-state index contributed by atoms with van der Waals surface area (Å²) in [6, 6.07) is 2.03. The highest BCUT2D eigenvalue weighted by atomic mass is 16.2. The number of aryl methyl sites for hydroxylation is 1. The van der Waals surface area contributed by atoms with Crippen molar-refractivity contribution in [2.75, 3.05) is 13.1 Å². The van der Waals surface area contributed by atoms with Crippen LogP contribution in [0.15, 0.2) is 12.3 Å². The molecule has 2 N–H and O–H groups in total. The van der Waals surface area contributed by atoms with Gasteiger partial charge in [0, 0.05) is 31.9 Å². The Morgan fingerprint density at radius 3 is 2.81 bits per heavy atom. The first-order valence-electron chi connectivity index (χ1n) is 5.79. The number of nitrogens with zero attached hydrogens (tertiary/aromatic N) is 3. The van der Waals surface area contributed by atoms with Crippen molar-refractivity contribution in [1.82, 2.24) is 14.7 Å². The maximum Gasteiger partial charge on any atom is 0.274 e. The van der Waals surface area contributed by atoms with E-state index in [2.05, 4.69) is 5.10 Å². The van der Waals surface area contributed by atoms with Gasteiger partial charge in [0.1, 0.15) is 5.69 Å². The molecule has 88 valence electrons. The molecule has 1 fully saturated rings. The number of carbonyl (C=O) groups excluding carboxylic acids is 1. The fourth-order valence-electron chi connectivity index (χ4n) is 1.92. The van der Waals surface area contributed by atoms with E-state index in [4.69, 9.17) is 5.73 Å². The van der Waals surface area contributed by atoms with Gasteiger partial charge in [-0.1, -0.05) is 0 Å². The molecule has 0 aliphatic carbocycles. The summed E-state index contributed by atoms with van der Waals surface area (Å²) >= 11 is 0. The number of likely N-dealkylation sites (tertiary alicyclic amines) is 1. The SMILES string of the molecule is CCn1ccc(C(=O)N2CCC(N)CC2)n1. The predicted octanol–water partition coefficient (Wildman–Crippen LogP) is 0.466. The van der Waals surface area contributed by atoms with Crippen LogP contribution in [0.2, 0.25) is 0 Å². The second-order valence-corrected chi connectivity index (χ2v) is 4.19. The van der Waals surface area contributed by atoms with E-state index in [9.17, 15) is 4.79 Å². The molecule has 0 aromatic carbocycles. The lowest BCUT2D eigenvalue weighted by molar-refractivity contribution is 0.0708. The summed E-state index contributed by atoms with van der Waals surface area (Å²) in [4.78, 5) is 13.9. The Morgan fingerprint density at radius 2 is 2.25 bits per heavy atom. The lowest BCUT2D eigenvalue weighted by atomic mass is 10.1. The molecule has 0 unspecified atom stereocenters. The van der Waals surface area contributed by atoms with E-state index in [-0.39, 0.29) is 11.9 Å². The van der Waals surface area contributed by atoms with Crippen molar-refractivity contribution in [3.8, 4) is 0 Å². The lowest BCUT2D eigenvalue weighted by Gasteiger charge is -2.29. The van der Waals surface area contributed by atoms with Gasteiger partial charge in [0.15, 0.2) is 0 Å². The number of piperidine rings is 1. The minimum Gasteiger partial charge on any atom is -0.337 e. The molecule has 2 heterocycles. The van der Waals surface area contributed by atoms with Crippen LogP contribution < -0.4 is 5.73 Å². The standard InChI is InChI=1S/C11H18N4O/c1-2-15-8-5-10(13-15)11(16)14-6-3-9(12)4-7-14/h5,8-9H,2-4,6-7,12H2,1H3. The quantitative estimate of drug-likeness (QED) is 0.791. The van der Waals surface area contributed by atoms with Gasteiger partial charge in [-0.2, -0.15) is 5.10 Å². The first-order chi connectivity index (χ1) is 7.70. The topological polar surface area (TPSA) is 64.2 Å². The normalized spacial score (nSPS) is 17.8. The van der Waals surface area contributed by atoms with E-state index in [1.165, 1.54) is 0 Å². The van der Waals surface area contributed by atoms with Gasteiger partial charge in [0.2, 0.25) is 0 Å². The zero-order valence-electron chi connectivity index (χ0n) is 9.59. The van der Waals surface area contributed by atoms with E-state index in [0.29, 0.717) is 5.69 Å². The molecule has 1 aliphatic heterocycles. The predicted molar refractivity (Wildman–Crippen MR) is 61.0 cm³/mol. The average molecular weight is 222 g/mol. The van der Waals surface area contributed by atoms with E-state index in [1.54, 1.807) is 10.7 Å². The van der Waals surface area contributed by atoms with Crippen molar-refractivity contribution >= 4 is 5.91 Å². The van der Waals surface area contributed by atoms with Crippen LogP contribution in [0.4, 0.5) is 0 Å². The molecular formula is C11H18N4O. The molecule has 1 amide bonds. The number of hydrogen-bond acceptors (Lipinski definition) is 3. The second kappa shape index (κ2) is 4.65. The van der Waals surface area contributed by atoms with E-state index < -0.39 is 0 Å². The highest BCUT2D eigenvalue weighted by molar-refractivity contribution is 5.92. The number of hydrogen-bond donors (Lipinski definition) is 1. The van der Waals surface area contributed by atoms with Crippen molar-refractivity contribution in [3.63, 3.8) is 0 Å². The smallest absolute Gasteiger partial charge is 0.274 e. The van der Waals surface area contributed by atoms with Crippen LogP contribution >= 0.6 is 0 Å². The Morgan fingerprint density at radius 1 is 1.56 bits per heavy atom.